The van der Waals surface area contributed by atoms with Gasteiger partial charge in [0.1, 0.15) is 5.82 Å². The molecule has 0 aliphatic carbocycles. The summed E-state index contributed by atoms with van der Waals surface area (Å²) in [5.41, 5.74) is 7.97. The van der Waals surface area contributed by atoms with Crippen LogP contribution in [0.2, 0.25) is 10.0 Å². The van der Waals surface area contributed by atoms with E-state index in [1.807, 2.05) is 12.1 Å². The van der Waals surface area contributed by atoms with Crippen LogP contribution in [0.5, 0.6) is 0 Å². The van der Waals surface area contributed by atoms with Crippen LogP contribution in [-0.2, 0) is 5.41 Å². The highest BCUT2D eigenvalue weighted by atomic mass is 35.5. The van der Waals surface area contributed by atoms with Crippen LogP contribution in [0.3, 0.4) is 0 Å². The van der Waals surface area contributed by atoms with E-state index in [0.29, 0.717) is 15.9 Å². The van der Waals surface area contributed by atoms with E-state index < -0.39 is 0 Å². The van der Waals surface area contributed by atoms with E-state index in [0.717, 1.165) is 5.69 Å². The van der Waals surface area contributed by atoms with Gasteiger partial charge in [-0.3, -0.25) is 0 Å². The summed E-state index contributed by atoms with van der Waals surface area (Å²) < 4.78 is 0. The summed E-state index contributed by atoms with van der Waals surface area (Å²) in [6.45, 7) is 6.52. The number of anilines is 3. The van der Waals surface area contributed by atoms with Gasteiger partial charge >= 0.3 is 0 Å². The van der Waals surface area contributed by atoms with Crippen LogP contribution in [0.25, 0.3) is 0 Å². The van der Waals surface area contributed by atoms with Crippen LogP contribution >= 0.6 is 23.2 Å². The lowest BCUT2D eigenvalue weighted by Crippen LogP contribution is -2.10. The normalized spacial score (nSPS) is 11.4. The summed E-state index contributed by atoms with van der Waals surface area (Å²) in [7, 11) is 0. The topological polar surface area (TPSA) is 50.9 Å². The predicted octanol–water partition coefficient (Wildman–Crippen LogP) is 5.01. The quantitative estimate of drug-likeness (QED) is 0.819. The zero-order chi connectivity index (χ0) is 14.9. The molecule has 2 rings (SSSR count). The van der Waals surface area contributed by atoms with E-state index in [-0.39, 0.29) is 11.2 Å². The Bertz CT molecular complexity index is 616. The first-order valence-corrected chi connectivity index (χ1v) is 7.02. The van der Waals surface area contributed by atoms with Crippen molar-refractivity contribution in [2.75, 3.05) is 11.1 Å². The van der Waals surface area contributed by atoms with Crippen molar-refractivity contribution in [1.29, 1.82) is 0 Å². The van der Waals surface area contributed by atoms with E-state index in [9.17, 15) is 0 Å². The first-order chi connectivity index (χ1) is 9.27. The Kier molecular flexibility index (Phi) is 4.11. The molecular formula is C15H17Cl2N3. The monoisotopic (exact) mass is 309 g/mol. The Labute approximate surface area is 129 Å². The second-order valence-corrected chi connectivity index (χ2v) is 6.45. The van der Waals surface area contributed by atoms with Gasteiger partial charge in [-0.15, -0.1) is 0 Å². The molecule has 5 heteroatoms. The second-order valence-electron chi connectivity index (χ2n) is 5.64. The Balaban J connectivity index is 2.25. The van der Waals surface area contributed by atoms with Crippen molar-refractivity contribution in [2.24, 2.45) is 0 Å². The standard InChI is InChI=1S/C15H17Cl2N3/c1-15(2,3)9-4-6-10(7-5-9)19-14-12(17)8-11(16)13(18)20-14/h4-8H,1-3H3,(H3,18,19,20). The average molecular weight is 310 g/mol. The van der Waals surface area contributed by atoms with Crippen LogP contribution in [-0.4, -0.2) is 4.98 Å². The third-order valence-electron chi connectivity index (χ3n) is 2.97. The molecule has 106 valence electrons. The van der Waals surface area contributed by atoms with Gasteiger partial charge in [-0.1, -0.05) is 56.1 Å². The molecule has 20 heavy (non-hydrogen) atoms. The number of nitrogens with two attached hydrogens (primary N) is 1. The molecule has 0 bridgehead atoms. The highest BCUT2D eigenvalue weighted by Crippen LogP contribution is 2.30. The number of nitrogens with one attached hydrogen (secondary N) is 1. The molecule has 1 heterocycles. The molecule has 0 radical (unpaired) electrons. The van der Waals surface area contributed by atoms with E-state index in [1.54, 1.807) is 6.07 Å². The van der Waals surface area contributed by atoms with E-state index in [4.69, 9.17) is 28.9 Å². The molecule has 0 aliphatic rings. The maximum Gasteiger partial charge on any atom is 0.151 e. The first-order valence-electron chi connectivity index (χ1n) is 6.26. The molecule has 1 aromatic carbocycles. The molecule has 0 fully saturated rings. The molecule has 3 nitrogen and oxygen atoms in total. The number of hydrogen-bond donors (Lipinski definition) is 2. The summed E-state index contributed by atoms with van der Waals surface area (Å²) in [5.74, 6) is 0.752. The van der Waals surface area contributed by atoms with Gasteiger partial charge in [-0.05, 0) is 29.2 Å². The van der Waals surface area contributed by atoms with Gasteiger partial charge in [0.15, 0.2) is 5.82 Å². The average Bonchev–Trinajstić information content (AvgIpc) is 2.35. The molecular weight excluding hydrogens is 293 g/mol. The zero-order valence-corrected chi connectivity index (χ0v) is 13.2. The Morgan fingerprint density at radius 3 is 2.20 bits per heavy atom. The van der Waals surface area contributed by atoms with Crippen molar-refractivity contribution in [3.05, 3.63) is 45.9 Å². The lowest BCUT2D eigenvalue weighted by molar-refractivity contribution is 0.590. The van der Waals surface area contributed by atoms with E-state index >= 15 is 0 Å². The molecule has 0 atom stereocenters. The van der Waals surface area contributed by atoms with Gasteiger partial charge in [-0.2, -0.15) is 0 Å². The SMILES string of the molecule is CC(C)(C)c1ccc(Nc2nc(N)c(Cl)cc2Cl)cc1. The second kappa shape index (κ2) is 5.51. The lowest BCUT2D eigenvalue weighted by Gasteiger charge is -2.19. The Morgan fingerprint density at radius 2 is 1.65 bits per heavy atom. The molecule has 0 spiro atoms. The highest BCUT2D eigenvalue weighted by Gasteiger charge is 2.13. The molecule has 3 N–H and O–H groups in total. The van der Waals surface area contributed by atoms with Gasteiger partial charge in [0.05, 0.1) is 10.0 Å². The smallest absolute Gasteiger partial charge is 0.151 e. The van der Waals surface area contributed by atoms with Gasteiger partial charge in [0, 0.05) is 5.69 Å². The first kappa shape index (κ1) is 14.9. The molecule has 2 aromatic rings. The lowest BCUT2D eigenvalue weighted by atomic mass is 9.87. The number of rotatable bonds is 2. The fraction of sp³-hybridized carbons (Fsp3) is 0.267. The van der Waals surface area contributed by atoms with Gasteiger partial charge in [0.25, 0.3) is 0 Å². The molecule has 0 aliphatic heterocycles. The molecule has 0 saturated carbocycles. The van der Waals surface area contributed by atoms with Crippen molar-refractivity contribution in [3.63, 3.8) is 0 Å². The van der Waals surface area contributed by atoms with E-state index in [2.05, 4.69) is 43.2 Å². The van der Waals surface area contributed by atoms with Crippen molar-refractivity contribution in [3.8, 4) is 0 Å². The van der Waals surface area contributed by atoms with Crippen molar-refractivity contribution < 1.29 is 0 Å². The number of benzene rings is 1. The Morgan fingerprint density at radius 1 is 1.05 bits per heavy atom. The fourth-order valence-corrected chi connectivity index (χ4v) is 2.16. The Hall–Kier alpha value is -1.45. The summed E-state index contributed by atoms with van der Waals surface area (Å²) in [5, 5.41) is 3.92. The summed E-state index contributed by atoms with van der Waals surface area (Å²) in [4.78, 5) is 4.14. The minimum absolute atomic E-state index is 0.124. The van der Waals surface area contributed by atoms with Gasteiger partial charge < -0.3 is 11.1 Å². The molecule has 0 amide bonds. The zero-order valence-electron chi connectivity index (χ0n) is 11.7. The number of aromatic nitrogens is 1. The number of nitrogen functional groups attached to an aromatic ring is 1. The van der Waals surface area contributed by atoms with Crippen LogP contribution in [0.1, 0.15) is 26.3 Å². The summed E-state index contributed by atoms with van der Waals surface area (Å²) in [6, 6.07) is 9.72. The van der Waals surface area contributed by atoms with Crippen LogP contribution < -0.4 is 11.1 Å². The molecule has 0 saturated heterocycles. The van der Waals surface area contributed by atoms with Crippen molar-refractivity contribution in [1.82, 2.24) is 4.98 Å². The molecule has 1 aromatic heterocycles. The predicted molar refractivity (Wildman–Crippen MR) is 87.1 cm³/mol. The fourth-order valence-electron chi connectivity index (χ4n) is 1.76. The third-order valence-corrected chi connectivity index (χ3v) is 3.56. The summed E-state index contributed by atoms with van der Waals surface area (Å²) >= 11 is 12.0. The van der Waals surface area contributed by atoms with Crippen LogP contribution in [0.4, 0.5) is 17.3 Å². The van der Waals surface area contributed by atoms with Crippen molar-refractivity contribution in [2.45, 2.75) is 26.2 Å². The van der Waals surface area contributed by atoms with Crippen LogP contribution in [0, 0.1) is 0 Å². The molecule has 0 unspecified atom stereocenters. The largest absolute Gasteiger partial charge is 0.382 e. The maximum atomic E-state index is 6.09. The van der Waals surface area contributed by atoms with Crippen LogP contribution in [0.15, 0.2) is 30.3 Å². The maximum absolute atomic E-state index is 6.09. The summed E-state index contributed by atoms with van der Waals surface area (Å²) in [6.07, 6.45) is 0. The third kappa shape index (κ3) is 3.35. The number of pyridine rings is 1. The van der Waals surface area contributed by atoms with Gasteiger partial charge in [0.2, 0.25) is 0 Å². The van der Waals surface area contributed by atoms with Gasteiger partial charge in [-0.25, -0.2) is 4.98 Å². The minimum atomic E-state index is 0.124. The number of halogens is 2. The van der Waals surface area contributed by atoms with Crippen molar-refractivity contribution >= 4 is 40.5 Å². The number of nitrogens with zero attached hydrogens (tertiary/aromatic N) is 1. The van der Waals surface area contributed by atoms with E-state index in [1.165, 1.54) is 5.56 Å². The minimum Gasteiger partial charge on any atom is -0.382 e. The number of hydrogen-bond acceptors (Lipinski definition) is 3. The highest BCUT2D eigenvalue weighted by molar-refractivity contribution is 6.37.